The van der Waals surface area contributed by atoms with Crippen molar-refractivity contribution < 1.29 is 9.31 Å². The van der Waals surface area contributed by atoms with Crippen molar-refractivity contribution in [1.29, 1.82) is 0 Å². The van der Waals surface area contributed by atoms with Gasteiger partial charge in [0, 0.05) is 5.69 Å². The molecule has 0 saturated heterocycles. The molecule has 0 amide bonds. The molecule has 2 N–H and O–H groups in total. The second kappa shape index (κ2) is 6.91. The first-order valence-electron chi connectivity index (χ1n) is 7.39. The van der Waals surface area contributed by atoms with Crippen LogP contribution in [-0.4, -0.2) is 14.9 Å². The predicted molar refractivity (Wildman–Crippen MR) is 92.8 cm³/mol. The predicted octanol–water partition coefficient (Wildman–Crippen LogP) is 4.32. The summed E-state index contributed by atoms with van der Waals surface area (Å²) >= 11 is 0. The summed E-state index contributed by atoms with van der Waals surface area (Å²) in [6.07, 6.45) is 1.17. The minimum absolute atomic E-state index is 0.0180. The van der Waals surface area contributed by atoms with E-state index in [-0.39, 0.29) is 23.0 Å². The highest BCUT2D eigenvalue weighted by Gasteiger charge is 2.24. The summed E-state index contributed by atoms with van der Waals surface area (Å²) in [4.78, 5) is 18.8. The van der Waals surface area contributed by atoms with E-state index in [0.717, 1.165) is 5.56 Å². The molecule has 0 saturated carbocycles. The number of benzene rings is 2. The number of halogens is 1. The fourth-order valence-electron chi connectivity index (χ4n) is 2.28. The Balaban J connectivity index is 2.00. The topological polar surface area (TPSA) is 93.0 Å². The number of rotatable bonds is 5. The van der Waals surface area contributed by atoms with Crippen molar-refractivity contribution in [3.8, 4) is 0 Å². The zero-order valence-corrected chi connectivity index (χ0v) is 13.2. The lowest BCUT2D eigenvalue weighted by Crippen LogP contribution is -2.06. The molecule has 3 rings (SSSR count). The Morgan fingerprint density at radius 1 is 1.04 bits per heavy atom. The van der Waals surface area contributed by atoms with Crippen LogP contribution in [0, 0.1) is 22.9 Å². The highest BCUT2D eigenvalue weighted by atomic mass is 19.1. The van der Waals surface area contributed by atoms with E-state index in [9.17, 15) is 14.5 Å². The summed E-state index contributed by atoms with van der Waals surface area (Å²) in [7, 11) is 0. The van der Waals surface area contributed by atoms with Crippen molar-refractivity contribution in [2.24, 2.45) is 0 Å². The number of aromatic nitrogens is 2. The van der Waals surface area contributed by atoms with Crippen LogP contribution in [0.3, 0.4) is 0 Å². The highest BCUT2D eigenvalue weighted by Crippen LogP contribution is 2.33. The molecule has 126 valence electrons. The summed E-state index contributed by atoms with van der Waals surface area (Å²) in [5.41, 5.74) is 1.36. The number of nitrogens with one attached hydrogen (secondary N) is 2. The van der Waals surface area contributed by atoms with Gasteiger partial charge in [0.2, 0.25) is 11.6 Å². The molecule has 0 spiro atoms. The van der Waals surface area contributed by atoms with Crippen molar-refractivity contribution in [2.75, 3.05) is 10.6 Å². The maximum Gasteiger partial charge on any atom is 0.353 e. The lowest BCUT2D eigenvalue weighted by molar-refractivity contribution is -0.383. The third-order valence-corrected chi connectivity index (χ3v) is 3.41. The van der Waals surface area contributed by atoms with Crippen LogP contribution < -0.4 is 10.6 Å². The van der Waals surface area contributed by atoms with E-state index in [2.05, 4.69) is 20.6 Å². The van der Waals surface area contributed by atoms with Crippen molar-refractivity contribution in [3.63, 3.8) is 0 Å². The maximum atomic E-state index is 13.8. The largest absolute Gasteiger partial charge is 0.353 e. The zero-order valence-electron chi connectivity index (χ0n) is 13.2. The van der Waals surface area contributed by atoms with Crippen molar-refractivity contribution >= 4 is 28.7 Å². The number of hydrogen-bond donors (Lipinski definition) is 2. The molecule has 0 aliphatic heterocycles. The molecule has 8 heteroatoms. The Labute approximate surface area is 142 Å². The van der Waals surface area contributed by atoms with E-state index in [1.54, 1.807) is 12.1 Å². The summed E-state index contributed by atoms with van der Waals surface area (Å²) < 4.78 is 13.8. The standard InChI is InChI=1S/C17H14FN5O2/c1-11-5-4-6-12(9-11)21-16-15(23(24)25)17(20-10-19-16)22-14-8-3-2-7-13(14)18/h2-10H,1H3,(H2,19,20,21,22). The SMILES string of the molecule is Cc1cccc(Nc2ncnc(Nc3ccccc3F)c2[N+](=O)[O-])c1. The molecule has 1 aromatic heterocycles. The van der Waals surface area contributed by atoms with Crippen molar-refractivity contribution in [1.82, 2.24) is 9.97 Å². The summed E-state index contributed by atoms with van der Waals surface area (Å²) in [5, 5.41) is 17.1. The zero-order chi connectivity index (χ0) is 17.8. The summed E-state index contributed by atoms with van der Waals surface area (Å²) in [6.45, 7) is 1.91. The molecule has 7 nitrogen and oxygen atoms in total. The second-order valence-electron chi connectivity index (χ2n) is 5.28. The van der Waals surface area contributed by atoms with Gasteiger partial charge in [-0.3, -0.25) is 10.1 Å². The van der Waals surface area contributed by atoms with Gasteiger partial charge in [-0.05, 0) is 36.8 Å². The third-order valence-electron chi connectivity index (χ3n) is 3.41. The van der Waals surface area contributed by atoms with E-state index in [0.29, 0.717) is 5.69 Å². The number of aryl methyl sites for hydroxylation is 1. The molecule has 25 heavy (non-hydrogen) atoms. The average Bonchev–Trinajstić information content (AvgIpc) is 2.57. The first-order chi connectivity index (χ1) is 12.0. The Morgan fingerprint density at radius 2 is 1.76 bits per heavy atom. The quantitative estimate of drug-likeness (QED) is 0.531. The Kier molecular flexibility index (Phi) is 4.51. The normalized spacial score (nSPS) is 10.3. The molecule has 0 unspecified atom stereocenters. The van der Waals surface area contributed by atoms with Crippen LogP contribution >= 0.6 is 0 Å². The van der Waals surface area contributed by atoms with Gasteiger partial charge in [-0.1, -0.05) is 24.3 Å². The van der Waals surface area contributed by atoms with Crippen molar-refractivity contribution in [3.05, 3.63) is 76.4 Å². The van der Waals surface area contributed by atoms with Gasteiger partial charge in [0.05, 0.1) is 10.6 Å². The van der Waals surface area contributed by atoms with Crippen molar-refractivity contribution in [2.45, 2.75) is 6.92 Å². The lowest BCUT2D eigenvalue weighted by atomic mass is 10.2. The van der Waals surface area contributed by atoms with E-state index in [1.165, 1.54) is 24.5 Å². The van der Waals surface area contributed by atoms with Gasteiger partial charge in [0.15, 0.2) is 0 Å². The van der Waals surface area contributed by atoms with E-state index in [1.807, 2.05) is 25.1 Å². The summed E-state index contributed by atoms with van der Waals surface area (Å²) in [6, 6.07) is 13.2. The minimum Gasteiger partial charge on any atom is -0.334 e. The molecule has 2 aromatic carbocycles. The van der Waals surface area contributed by atoms with Crippen LogP contribution in [0.4, 0.5) is 33.1 Å². The monoisotopic (exact) mass is 339 g/mol. The van der Waals surface area contributed by atoms with Crippen LogP contribution in [0.15, 0.2) is 54.9 Å². The molecule has 0 aliphatic rings. The number of anilines is 4. The Hall–Kier alpha value is -3.55. The lowest BCUT2D eigenvalue weighted by Gasteiger charge is -2.10. The van der Waals surface area contributed by atoms with Gasteiger partial charge in [-0.2, -0.15) is 0 Å². The molecule has 0 atom stereocenters. The molecular formula is C17H14FN5O2. The van der Waals surface area contributed by atoms with Gasteiger partial charge in [-0.15, -0.1) is 0 Å². The molecular weight excluding hydrogens is 325 g/mol. The molecule has 3 aromatic rings. The maximum absolute atomic E-state index is 13.8. The van der Waals surface area contributed by atoms with Gasteiger partial charge in [0.25, 0.3) is 0 Å². The van der Waals surface area contributed by atoms with E-state index < -0.39 is 10.7 Å². The molecule has 0 fully saturated rings. The fourth-order valence-corrected chi connectivity index (χ4v) is 2.28. The minimum atomic E-state index is -0.610. The smallest absolute Gasteiger partial charge is 0.334 e. The van der Waals surface area contributed by atoms with Gasteiger partial charge >= 0.3 is 5.69 Å². The number of nitrogens with zero attached hydrogens (tertiary/aromatic N) is 3. The number of hydrogen-bond acceptors (Lipinski definition) is 6. The van der Waals surface area contributed by atoms with Crippen LogP contribution in [-0.2, 0) is 0 Å². The molecule has 0 radical (unpaired) electrons. The second-order valence-corrected chi connectivity index (χ2v) is 5.28. The van der Waals surface area contributed by atoms with Crippen LogP contribution in [0.2, 0.25) is 0 Å². The molecule has 0 bridgehead atoms. The van der Waals surface area contributed by atoms with Gasteiger partial charge < -0.3 is 10.6 Å². The van der Waals surface area contributed by atoms with Gasteiger partial charge in [0.1, 0.15) is 12.1 Å². The Bertz CT molecular complexity index is 932. The van der Waals surface area contributed by atoms with Gasteiger partial charge in [-0.25, -0.2) is 14.4 Å². The molecule has 0 aliphatic carbocycles. The third kappa shape index (κ3) is 3.69. The van der Waals surface area contributed by atoms with Crippen LogP contribution in [0.1, 0.15) is 5.56 Å². The fraction of sp³-hybridized carbons (Fsp3) is 0.0588. The van der Waals surface area contributed by atoms with E-state index in [4.69, 9.17) is 0 Å². The van der Waals surface area contributed by atoms with Crippen LogP contribution in [0.25, 0.3) is 0 Å². The molecule has 1 heterocycles. The first-order valence-corrected chi connectivity index (χ1v) is 7.39. The first kappa shape index (κ1) is 16.3. The average molecular weight is 339 g/mol. The van der Waals surface area contributed by atoms with E-state index >= 15 is 0 Å². The highest BCUT2D eigenvalue weighted by molar-refractivity contribution is 5.76. The summed E-state index contributed by atoms with van der Waals surface area (Å²) in [5.74, 6) is -0.617. The Morgan fingerprint density at radius 3 is 2.44 bits per heavy atom. The van der Waals surface area contributed by atoms with Crippen LogP contribution in [0.5, 0.6) is 0 Å². The number of para-hydroxylation sites is 1. The number of nitro groups is 1.